The molecule has 1 atom stereocenters. The quantitative estimate of drug-likeness (QED) is 0.752. The van der Waals surface area contributed by atoms with Crippen LogP contribution >= 0.6 is 0 Å². The van der Waals surface area contributed by atoms with Crippen molar-refractivity contribution in [1.29, 1.82) is 0 Å². The van der Waals surface area contributed by atoms with Crippen molar-refractivity contribution in [3.05, 3.63) is 35.4 Å². The Labute approximate surface area is 116 Å². The molecule has 1 heterocycles. The fourth-order valence-corrected chi connectivity index (χ4v) is 2.96. The maximum absolute atomic E-state index is 12.6. The highest BCUT2D eigenvalue weighted by atomic mass is 16.2. The topological polar surface area (TPSA) is 78.5 Å². The van der Waals surface area contributed by atoms with E-state index in [1.165, 1.54) is 7.05 Å². The average Bonchev–Trinajstić information content (AvgIpc) is 2.94. The van der Waals surface area contributed by atoms with Crippen LogP contribution in [0.2, 0.25) is 0 Å². The van der Waals surface area contributed by atoms with Gasteiger partial charge in [0.05, 0.1) is 0 Å². The van der Waals surface area contributed by atoms with Gasteiger partial charge in [0.15, 0.2) is 0 Å². The summed E-state index contributed by atoms with van der Waals surface area (Å²) >= 11 is 0. The predicted octanol–water partition coefficient (Wildman–Crippen LogP) is 0.126. The SMILES string of the molecule is CNC(=O)CN1C(=O)N[C@]2(CCc3ccccc32)C1=O. The van der Waals surface area contributed by atoms with E-state index in [1.807, 2.05) is 24.3 Å². The number of fused-ring (bicyclic) bond motifs is 2. The molecular weight excluding hydrogens is 258 g/mol. The van der Waals surface area contributed by atoms with Gasteiger partial charge in [0.25, 0.3) is 5.91 Å². The first kappa shape index (κ1) is 12.7. The second kappa shape index (κ2) is 4.33. The van der Waals surface area contributed by atoms with Crippen molar-refractivity contribution >= 4 is 17.8 Å². The zero-order valence-electron chi connectivity index (χ0n) is 11.1. The van der Waals surface area contributed by atoms with Crippen LogP contribution in [-0.2, 0) is 21.5 Å². The zero-order valence-corrected chi connectivity index (χ0v) is 11.1. The Morgan fingerprint density at radius 3 is 2.90 bits per heavy atom. The molecule has 104 valence electrons. The van der Waals surface area contributed by atoms with Crippen molar-refractivity contribution in [1.82, 2.24) is 15.5 Å². The molecule has 1 fully saturated rings. The molecule has 0 bridgehead atoms. The Morgan fingerprint density at radius 1 is 1.40 bits per heavy atom. The summed E-state index contributed by atoms with van der Waals surface area (Å²) in [6.07, 6.45) is 1.29. The van der Waals surface area contributed by atoms with E-state index >= 15 is 0 Å². The second-order valence-corrected chi connectivity index (χ2v) is 5.06. The molecule has 0 radical (unpaired) electrons. The highest BCUT2D eigenvalue weighted by Crippen LogP contribution is 2.41. The lowest BCUT2D eigenvalue weighted by Gasteiger charge is -2.22. The summed E-state index contributed by atoms with van der Waals surface area (Å²) in [4.78, 5) is 37.0. The van der Waals surface area contributed by atoms with Gasteiger partial charge in [-0.1, -0.05) is 24.3 Å². The Morgan fingerprint density at radius 2 is 2.15 bits per heavy atom. The molecule has 1 aliphatic carbocycles. The van der Waals surface area contributed by atoms with Gasteiger partial charge in [-0.15, -0.1) is 0 Å². The van der Waals surface area contributed by atoms with Gasteiger partial charge in [0.1, 0.15) is 12.1 Å². The number of nitrogens with one attached hydrogen (secondary N) is 2. The molecule has 1 spiro atoms. The number of likely N-dealkylation sites (N-methyl/N-ethyl adjacent to an activating group) is 1. The smallest absolute Gasteiger partial charge is 0.325 e. The highest BCUT2D eigenvalue weighted by molar-refractivity contribution is 6.09. The maximum atomic E-state index is 12.6. The van der Waals surface area contributed by atoms with Crippen LogP contribution < -0.4 is 10.6 Å². The van der Waals surface area contributed by atoms with E-state index in [9.17, 15) is 14.4 Å². The van der Waals surface area contributed by atoms with Crippen molar-refractivity contribution in [2.75, 3.05) is 13.6 Å². The number of amides is 4. The summed E-state index contributed by atoms with van der Waals surface area (Å²) in [5, 5.41) is 5.19. The van der Waals surface area contributed by atoms with E-state index in [0.717, 1.165) is 22.4 Å². The van der Waals surface area contributed by atoms with Crippen molar-refractivity contribution in [3.8, 4) is 0 Å². The van der Waals surface area contributed by atoms with E-state index < -0.39 is 11.6 Å². The number of hydrogen-bond donors (Lipinski definition) is 2. The number of carbonyl (C=O) groups is 3. The second-order valence-electron chi connectivity index (χ2n) is 5.06. The summed E-state index contributed by atoms with van der Waals surface area (Å²) in [5.74, 6) is -0.701. The van der Waals surface area contributed by atoms with Crippen LogP contribution in [0.1, 0.15) is 17.5 Å². The van der Waals surface area contributed by atoms with E-state index in [0.29, 0.717) is 6.42 Å². The molecule has 20 heavy (non-hydrogen) atoms. The summed E-state index contributed by atoms with van der Waals surface area (Å²) in [6, 6.07) is 7.10. The van der Waals surface area contributed by atoms with E-state index in [-0.39, 0.29) is 18.4 Å². The molecule has 0 aromatic heterocycles. The number of rotatable bonds is 2. The summed E-state index contributed by atoms with van der Waals surface area (Å²) in [7, 11) is 1.47. The van der Waals surface area contributed by atoms with E-state index in [2.05, 4.69) is 10.6 Å². The molecule has 0 saturated carbocycles. The lowest BCUT2D eigenvalue weighted by molar-refractivity contribution is -0.135. The molecule has 6 heteroatoms. The normalized spacial score (nSPS) is 23.9. The summed E-state index contributed by atoms with van der Waals surface area (Å²) in [5.41, 5.74) is 0.933. The van der Waals surface area contributed by atoms with Gasteiger partial charge in [-0.25, -0.2) is 4.79 Å². The van der Waals surface area contributed by atoms with Gasteiger partial charge in [-0.2, -0.15) is 0 Å². The van der Waals surface area contributed by atoms with Gasteiger partial charge in [0, 0.05) is 7.05 Å². The molecular formula is C14H15N3O3. The molecule has 6 nitrogen and oxygen atoms in total. The largest absolute Gasteiger partial charge is 0.358 e. The lowest BCUT2D eigenvalue weighted by atomic mass is 9.92. The van der Waals surface area contributed by atoms with Crippen LogP contribution in [-0.4, -0.2) is 36.3 Å². The number of hydrogen-bond acceptors (Lipinski definition) is 3. The number of benzene rings is 1. The summed E-state index contributed by atoms with van der Waals surface area (Å²) < 4.78 is 0. The van der Waals surface area contributed by atoms with Crippen molar-refractivity contribution in [2.45, 2.75) is 18.4 Å². The first-order valence-electron chi connectivity index (χ1n) is 6.51. The fraction of sp³-hybridized carbons (Fsp3) is 0.357. The van der Waals surface area contributed by atoms with Crippen LogP contribution in [0.25, 0.3) is 0 Å². The lowest BCUT2D eigenvalue weighted by Crippen LogP contribution is -2.43. The van der Waals surface area contributed by atoms with Crippen molar-refractivity contribution in [2.24, 2.45) is 0 Å². The van der Waals surface area contributed by atoms with Crippen LogP contribution in [0.5, 0.6) is 0 Å². The van der Waals surface area contributed by atoms with Crippen LogP contribution in [0, 0.1) is 0 Å². The number of urea groups is 1. The van der Waals surface area contributed by atoms with Gasteiger partial charge >= 0.3 is 6.03 Å². The van der Waals surface area contributed by atoms with Gasteiger partial charge < -0.3 is 10.6 Å². The van der Waals surface area contributed by atoms with Crippen LogP contribution in [0.4, 0.5) is 4.79 Å². The molecule has 1 aromatic rings. The minimum absolute atomic E-state index is 0.245. The Kier molecular flexibility index (Phi) is 2.74. The predicted molar refractivity (Wildman–Crippen MR) is 70.8 cm³/mol. The zero-order chi connectivity index (χ0) is 14.3. The molecule has 1 aliphatic heterocycles. The number of aryl methyl sites for hydroxylation is 1. The molecule has 0 unspecified atom stereocenters. The van der Waals surface area contributed by atoms with Gasteiger partial charge in [0.2, 0.25) is 5.91 Å². The molecule has 1 saturated heterocycles. The maximum Gasteiger partial charge on any atom is 0.325 e. The Hall–Kier alpha value is -2.37. The van der Waals surface area contributed by atoms with E-state index in [4.69, 9.17) is 0 Å². The van der Waals surface area contributed by atoms with E-state index in [1.54, 1.807) is 0 Å². The van der Waals surface area contributed by atoms with Crippen LogP contribution in [0.15, 0.2) is 24.3 Å². The highest BCUT2D eigenvalue weighted by Gasteiger charge is 2.55. The number of imide groups is 1. The molecule has 3 rings (SSSR count). The molecule has 2 N–H and O–H groups in total. The third-order valence-corrected chi connectivity index (χ3v) is 4.00. The number of nitrogens with zero attached hydrogens (tertiary/aromatic N) is 1. The van der Waals surface area contributed by atoms with Crippen LogP contribution in [0.3, 0.4) is 0 Å². The monoisotopic (exact) mass is 273 g/mol. The van der Waals surface area contributed by atoms with Crippen molar-refractivity contribution in [3.63, 3.8) is 0 Å². The Balaban J connectivity index is 1.96. The summed E-state index contributed by atoms with van der Waals surface area (Å²) in [6.45, 7) is -0.245. The third-order valence-electron chi connectivity index (χ3n) is 4.00. The van der Waals surface area contributed by atoms with Crippen molar-refractivity contribution < 1.29 is 14.4 Å². The minimum atomic E-state index is -0.984. The average molecular weight is 273 g/mol. The minimum Gasteiger partial charge on any atom is -0.358 e. The number of carbonyl (C=O) groups excluding carboxylic acids is 3. The molecule has 2 aliphatic rings. The van der Waals surface area contributed by atoms with Gasteiger partial charge in [-0.3, -0.25) is 14.5 Å². The van der Waals surface area contributed by atoms with Gasteiger partial charge in [-0.05, 0) is 24.0 Å². The standard InChI is InChI=1S/C14H15N3O3/c1-15-11(18)8-17-12(19)14(16-13(17)20)7-6-9-4-2-3-5-10(9)14/h2-5H,6-8H2,1H3,(H,15,18)(H,16,20)/t14-/m0/s1. The molecule has 4 amide bonds. The Bertz CT molecular complexity index is 613. The molecule has 1 aromatic carbocycles. The fourth-order valence-electron chi connectivity index (χ4n) is 2.96. The first-order chi connectivity index (χ1) is 9.58. The third kappa shape index (κ3) is 1.61. The first-order valence-corrected chi connectivity index (χ1v) is 6.51.